The molecule has 3 heterocycles. The third-order valence-corrected chi connectivity index (χ3v) is 17.9. The van der Waals surface area contributed by atoms with Crippen LogP contribution < -0.4 is 47.2 Å². The molecule has 3 unspecified atom stereocenters. The molecule has 0 bridgehead atoms. The van der Waals surface area contributed by atoms with Crippen LogP contribution in [0.1, 0.15) is 202 Å². The van der Waals surface area contributed by atoms with Crippen LogP contribution in [0.25, 0.3) is 34.4 Å². The van der Waals surface area contributed by atoms with Crippen LogP contribution in [0.15, 0.2) is 123 Å². The molecule has 9 rings (SSSR count). The zero-order chi connectivity index (χ0) is 79.1. The van der Waals surface area contributed by atoms with Gasteiger partial charge in [-0.2, -0.15) is 0 Å². The number of pyridine rings is 2. The molecule has 3 atom stereocenters. The van der Waals surface area contributed by atoms with E-state index in [1.54, 1.807) is 19.9 Å². The molecule has 2 aliphatic carbocycles. The Balaban J connectivity index is 0.976. The van der Waals surface area contributed by atoms with Crippen molar-refractivity contribution in [3.8, 4) is 33.8 Å². The number of nitrogens with one attached hydrogen (secondary N) is 8. The predicted octanol–water partition coefficient (Wildman–Crippen LogP) is 13.4. The number of carbonyl (C=O) groups excluding carboxylic acids is 9. The van der Waals surface area contributed by atoms with Gasteiger partial charge < -0.3 is 63.3 Å². The van der Waals surface area contributed by atoms with Crippen molar-refractivity contribution in [3.05, 3.63) is 188 Å². The molecule has 578 valence electrons. The van der Waals surface area contributed by atoms with Crippen molar-refractivity contribution < 1.29 is 85.1 Å². The van der Waals surface area contributed by atoms with E-state index in [1.807, 2.05) is 6.08 Å². The number of amides is 6. The SMILES string of the molecule is C=Cc1cc(C(=O)Nc2ccc(C(=N)NC(=O)OCCCCCC)cc2)c(-c2ccc(C(=O)NCC3CC3/C=C/c3cc(C(=O)Nc4ccc(C(=N)NC(=O)OCCCCCC)cc4)c(-c4ccc(C(=O)NCC5CC5)nc4C(=O)OC(C)OC(=O)C(C)C)cc3OC)nc2C(=O)OCc2oc(=O)oc2C)cc1OC. The van der Waals surface area contributed by atoms with Crippen LogP contribution in [0.5, 0.6) is 11.5 Å². The number of ether oxygens (including phenoxy) is 7. The summed E-state index contributed by atoms with van der Waals surface area (Å²) in [7, 11) is 2.81. The van der Waals surface area contributed by atoms with E-state index in [0.717, 1.165) is 51.4 Å². The maximum atomic E-state index is 14.9. The van der Waals surface area contributed by atoms with Crippen LogP contribution in [0, 0.1) is 41.4 Å². The molecule has 29 nitrogen and oxygen atoms in total. The monoisotopic (exact) mass is 1510 g/mol. The molecule has 2 aliphatic rings. The third kappa shape index (κ3) is 22.5. The first kappa shape index (κ1) is 81.5. The van der Waals surface area contributed by atoms with Gasteiger partial charge in [-0.05, 0) is 154 Å². The van der Waals surface area contributed by atoms with Crippen LogP contribution in [0.3, 0.4) is 0 Å². The lowest BCUT2D eigenvalue weighted by molar-refractivity contribution is -0.169. The minimum Gasteiger partial charge on any atom is -0.496 e. The number of benzene rings is 4. The van der Waals surface area contributed by atoms with Gasteiger partial charge in [-0.25, -0.2) is 33.9 Å². The van der Waals surface area contributed by atoms with E-state index in [2.05, 4.69) is 62.3 Å². The Kier molecular flexibility index (Phi) is 28.8. The fourth-order valence-corrected chi connectivity index (χ4v) is 11.4. The van der Waals surface area contributed by atoms with Gasteiger partial charge in [-0.3, -0.25) is 45.4 Å². The summed E-state index contributed by atoms with van der Waals surface area (Å²) >= 11 is 0. The van der Waals surface area contributed by atoms with E-state index in [0.29, 0.717) is 54.0 Å². The summed E-state index contributed by atoms with van der Waals surface area (Å²) in [4.78, 5) is 145. The molecule has 0 spiro atoms. The Morgan fingerprint density at radius 2 is 1.09 bits per heavy atom. The summed E-state index contributed by atoms with van der Waals surface area (Å²) in [5.41, 5.74) is 1.02. The second kappa shape index (κ2) is 38.8. The smallest absolute Gasteiger partial charge is 0.496 e. The minimum atomic E-state index is -1.40. The fourth-order valence-electron chi connectivity index (χ4n) is 11.4. The number of nitrogens with zero attached hydrogens (tertiary/aromatic N) is 2. The number of methoxy groups -OCH3 is 2. The minimum absolute atomic E-state index is 0.00549. The van der Waals surface area contributed by atoms with Crippen molar-refractivity contribution in [2.75, 3.05) is 51.2 Å². The Morgan fingerprint density at radius 3 is 1.56 bits per heavy atom. The molecule has 8 N–H and O–H groups in total. The van der Waals surface area contributed by atoms with E-state index < -0.39 is 89.7 Å². The lowest BCUT2D eigenvalue weighted by Gasteiger charge is -2.19. The van der Waals surface area contributed by atoms with Gasteiger partial charge in [0.2, 0.25) is 6.29 Å². The number of amidine groups is 2. The van der Waals surface area contributed by atoms with Crippen LogP contribution in [0.4, 0.5) is 21.0 Å². The van der Waals surface area contributed by atoms with Crippen molar-refractivity contribution in [1.29, 1.82) is 10.8 Å². The highest BCUT2D eigenvalue weighted by Crippen LogP contribution is 2.42. The highest BCUT2D eigenvalue weighted by atomic mass is 16.7. The molecular weight excluding hydrogens is 1420 g/mol. The number of rotatable bonds is 36. The summed E-state index contributed by atoms with van der Waals surface area (Å²) in [6.07, 6.45) is 11.8. The topological polar surface area (TPSA) is 407 Å². The van der Waals surface area contributed by atoms with Gasteiger partial charge in [0.05, 0.1) is 33.4 Å². The number of esters is 3. The normalized spacial score (nSPS) is 13.7. The number of aryl methyl sites for hydroxylation is 1. The summed E-state index contributed by atoms with van der Waals surface area (Å²) in [5, 5.41) is 33.3. The molecule has 0 aliphatic heterocycles. The van der Waals surface area contributed by atoms with Crippen molar-refractivity contribution >= 4 is 88.9 Å². The molecule has 2 saturated carbocycles. The van der Waals surface area contributed by atoms with Crippen LogP contribution in [0.2, 0.25) is 0 Å². The standard InChI is InChI=1S/C81H90N10O19/c1-10-13-15-17-35-104-79(99)90-70(82)50-23-27-55(28-24-50)86-72(92)61-38-49(12-3)65(102-8)40-59(61)57-31-33-64(88-68(57)77(97)106-44-67-46(6)107-81(101)110-67)75(95)85-43-54-37-52(54)21-22-53-39-62(73(93)87-56-29-25-51(26-30-56)71(83)91-80(100)105-36-18-16-14-11-2)60(41-66(53)103-9)58-32-34-63(74(94)84-42-48-19-20-48)89-69(58)78(98)109-47(7)108-76(96)45(4)5/h12,21-34,38-41,45,47-48,52,54H,3,10-11,13-20,35-37,42-44H2,1-2,4-9H3,(H,84,94)(H,85,95)(H,86,92)(H,87,93)(H2,82,90,99)(H2,83,91,100)/b22-21+. The lowest BCUT2D eigenvalue weighted by atomic mass is 9.94. The second-order valence-electron chi connectivity index (χ2n) is 26.6. The van der Waals surface area contributed by atoms with Crippen molar-refractivity contribution in [1.82, 2.24) is 31.2 Å². The second-order valence-corrected chi connectivity index (χ2v) is 26.6. The van der Waals surface area contributed by atoms with E-state index >= 15 is 0 Å². The Bertz CT molecular complexity index is 4690. The molecule has 0 radical (unpaired) electrons. The predicted molar refractivity (Wildman–Crippen MR) is 407 cm³/mol. The van der Waals surface area contributed by atoms with Crippen molar-refractivity contribution in [2.24, 2.45) is 23.7 Å². The zero-order valence-electron chi connectivity index (χ0n) is 62.5. The molecule has 110 heavy (non-hydrogen) atoms. The molecule has 6 amide bonds. The molecule has 7 aromatic rings. The Labute approximate surface area is 635 Å². The van der Waals surface area contributed by atoms with Gasteiger partial charge in [0.25, 0.3) is 23.6 Å². The molecule has 0 saturated heterocycles. The average molecular weight is 1510 g/mol. The van der Waals surface area contributed by atoms with Crippen LogP contribution in [-0.2, 0) is 35.1 Å². The number of hydrogen-bond acceptors (Lipinski definition) is 23. The lowest BCUT2D eigenvalue weighted by Crippen LogP contribution is -2.31. The molecular formula is C81H90N10O19. The molecule has 3 aromatic heterocycles. The van der Waals surface area contributed by atoms with Crippen LogP contribution >= 0.6 is 0 Å². The van der Waals surface area contributed by atoms with Gasteiger partial charge in [0.1, 0.15) is 34.6 Å². The largest absolute Gasteiger partial charge is 0.519 e. The quantitative estimate of drug-likeness (QED) is 0.00451. The maximum absolute atomic E-state index is 14.9. The van der Waals surface area contributed by atoms with E-state index in [1.165, 1.54) is 131 Å². The average Bonchev–Trinajstić information content (AvgIpc) is 1.08. The van der Waals surface area contributed by atoms with Crippen LogP contribution in [-0.4, -0.2) is 122 Å². The summed E-state index contributed by atoms with van der Waals surface area (Å²) in [5.74, 6) is -7.10. The number of carbonyl (C=O) groups is 9. The zero-order valence-corrected chi connectivity index (χ0v) is 62.5. The number of anilines is 2. The highest BCUT2D eigenvalue weighted by Gasteiger charge is 2.36. The molecule has 4 aromatic carbocycles. The van der Waals surface area contributed by atoms with Gasteiger partial charge in [-0.1, -0.05) is 91.0 Å². The van der Waals surface area contributed by atoms with E-state index in [-0.39, 0.29) is 122 Å². The van der Waals surface area contributed by atoms with Crippen molar-refractivity contribution in [2.45, 2.75) is 125 Å². The van der Waals surface area contributed by atoms with Gasteiger partial charge in [-0.15, -0.1) is 0 Å². The maximum Gasteiger partial charge on any atom is 0.519 e. The van der Waals surface area contributed by atoms with E-state index in [4.69, 9.17) is 52.8 Å². The number of alkyl carbamates (subject to hydrolysis) is 2. The van der Waals surface area contributed by atoms with E-state index in [9.17, 15) is 47.9 Å². The van der Waals surface area contributed by atoms with Gasteiger partial charge in [0.15, 0.2) is 29.5 Å². The highest BCUT2D eigenvalue weighted by molar-refractivity contribution is 6.13. The number of unbranched alkanes of at least 4 members (excludes halogenated alkanes) is 6. The fraction of sp³-hybridized carbons (Fsp3) is 0.358. The number of hydrogen-bond donors (Lipinski definition) is 8. The van der Waals surface area contributed by atoms with Gasteiger partial charge in [0, 0.05) is 87.0 Å². The summed E-state index contributed by atoms with van der Waals surface area (Å²) in [6, 6.07) is 23.8. The summed E-state index contributed by atoms with van der Waals surface area (Å²) < 4.78 is 48.8. The van der Waals surface area contributed by atoms with Gasteiger partial charge >= 0.3 is 35.9 Å². The Hall–Kier alpha value is -12.6. The first-order valence-corrected chi connectivity index (χ1v) is 36.3. The first-order chi connectivity index (χ1) is 52.9. The molecule has 29 heteroatoms. The third-order valence-electron chi connectivity index (χ3n) is 17.9. The number of aromatic nitrogens is 2. The first-order valence-electron chi connectivity index (χ1n) is 36.3. The Morgan fingerprint density at radius 1 is 0.591 bits per heavy atom. The number of allylic oxidation sites excluding steroid dienone is 1. The van der Waals surface area contributed by atoms with Crippen molar-refractivity contribution in [3.63, 3.8) is 0 Å². The molecule has 2 fully saturated rings. The summed E-state index contributed by atoms with van der Waals surface area (Å²) in [6.45, 7) is 14.3.